The van der Waals surface area contributed by atoms with Gasteiger partial charge in [-0.15, -0.1) is 0 Å². The van der Waals surface area contributed by atoms with Gasteiger partial charge in [-0.1, -0.05) is 18.2 Å². The molecular weight excluding hydrogens is 441 g/mol. The van der Waals surface area contributed by atoms with Crippen LogP contribution in [0.15, 0.2) is 59.4 Å². The molecular formula is C22H15F3N4O4. The summed E-state index contributed by atoms with van der Waals surface area (Å²) < 4.78 is 44.9. The Labute approximate surface area is 184 Å². The molecule has 0 saturated carbocycles. The maximum absolute atomic E-state index is 13.0. The molecule has 0 unspecified atom stereocenters. The second kappa shape index (κ2) is 9.35. The van der Waals surface area contributed by atoms with Crippen molar-refractivity contribution in [2.24, 2.45) is 0 Å². The monoisotopic (exact) mass is 456 g/mol. The molecule has 1 aromatic heterocycles. The number of nitriles is 1. The number of esters is 1. The van der Waals surface area contributed by atoms with Gasteiger partial charge in [-0.2, -0.15) is 23.5 Å². The van der Waals surface area contributed by atoms with Crippen LogP contribution < -0.4 is 10.7 Å². The van der Waals surface area contributed by atoms with Crippen molar-refractivity contribution in [1.29, 1.82) is 5.26 Å². The molecule has 33 heavy (non-hydrogen) atoms. The lowest BCUT2D eigenvalue weighted by molar-refractivity contribution is -0.137. The van der Waals surface area contributed by atoms with Crippen molar-refractivity contribution in [1.82, 2.24) is 9.78 Å². The van der Waals surface area contributed by atoms with Crippen LogP contribution in [-0.4, -0.2) is 28.3 Å². The molecule has 0 fully saturated rings. The minimum absolute atomic E-state index is 0.0257. The normalized spacial score (nSPS) is 10.9. The molecule has 8 nitrogen and oxygen atoms in total. The first-order chi connectivity index (χ1) is 15.6. The van der Waals surface area contributed by atoms with Crippen molar-refractivity contribution < 1.29 is 27.5 Å². The van der Waals surface area contributed by atoms with E-state index in [1.54, 1.807) is 12.1 Å². The molecule has 0 aliphatic carbocycles. The van der Waals surface area contributed by atoms with Crippen molar-refractivity contribution in [2.75, 3.05) is 11.9 Å². The van der Waals surface area contributed by atoms with Crippen molar-refractivity contribution in [3.05, 3.63) is 87.3 Å². The minimum atomic E-state index is -4.60. The topological polar surface area (TPSA) is 114 Å². The largest absolute Gasteiger partial charge is 0.451 e. The molecule has 1 amide bonds. The summed E-state index contributed by atoms with van der Waals surface area (Å²) in [6.07, 6.45) is -4.60. The molecule has 0 atom stereocenters. The number of nitrogens with zero attached hydrogens (tertiary/aromatic N) is 3. The van der Waals surface area contributed by atoms with E-state index in [1.165, 1.54) is 31.2 Å². The fourth-order valence-electron chi connectivity index (χ4n) is 2.84. The molecule has 1 heterocycles. The standard InChI is InChI=1S/C22H15F3N4O4/c1-13-9-18(30)20(28-29(13)16-7-4-6-15(10-16)22(23,24)25)21(32)33-12-19(31)27-17-8-3-2-5-14(17)11-26/h2-10H,12H2,1H3,(H,27,31). The number of aryl methyl sites for hydroxylation is 1. The van der Waals surface area contributed by atoms with Gasteiger partial charge >= 0.3 is 12.1 Å². The second-order valence-electron chi connectivity index (χ2n) is 6.74. The number of rotatable bonds is 5. The molecule has 0 radical (unpaired) electrons. The average molecular weight is 456 g/mol. The molecule has 0 aliphatic rings. The van der Waals surface area contributed by atoms with Crippen LogP contribution in [-0.2, 0) is 15.7 Å². The zero-order chi connectivity index (χ0) is 24.2. The highest BCUT2D eigenvalue weighted by Gasteiger charge is 2.30. The van der Waals surface area contributed by atoms with Crippen LogP contribution in [0.3, 0.4) is 0 Å². The van der Waals surface area contributed by atoms with Crippen LogP contribution in [0.5, 0.6) is 0 Å². The van der Waals surface area contributed by atoms with Gasteiger partial charge in [0.25, 0.3) is 5.91 Å². The van der Waals surface area contributed by atoms with Crippen molar-refractivity contribution >= 4 is 17.6 Å². The van der Waals surface area contributed by atoms with E-state index in [0.717, 1.165) is 22.9 Å². The lowest BCUT2D eigenvalue weighted by Gasteiger charge is -2.13. The predicted molar refractivity (Wildman–Crippen MR) is 110 cm³/mol. The Morgan fingerprint density at radius 2 is 1.88 bits per heavy atom. The van der Waals surface area contributed by atoms with E-state index in [0.29, 0.717) is 0 Å². The van der Waals surface area contributed by atoms with Crippen LogP contribution in [0, 0.1) is 18.3 Å². The number of aromatic nitrogens is 2. The first-order valence-electron chi connectivity index (χ1n) is 9.35. The van der Waals surface area contributed by atoms with Gasteiger partial charge in [-0.25, -0.2) is 9.48 Å². The van der Waals surface area contributed by atoms with E-state index in [4.69, 9.17) is 10.00 Å². The third-order valence-corrected chi connectivity index (χ3v) is 4.37. The molecule has 0 bridgehead atoms. The van der Waals surface area contributed by atoms with Crippen LogP contribution in [0.4, 0.5) is 18.9 Å². The lowest BCUT2D eigenvalue weighted by Crippen LogP contribution is -2.27. The number of para-hydroxylation sites is 1. The van der Waals surface area contributed by atoms with Gasteiger partial charge in [0.2, 0.25) is 11.1 Å². The van der Waals surface area contributed by atoms with Gasteiger partial charge in [0.05, 0.1) is 22.5 Å². The van der Waals surface area contributed by atoms with Crippen LogP contribution >= 0.6 is 0 Å². The number of alkyl halides is 3. The van der Waals surface area contributed by atoms with Crippen LogP contribution in [0.2, 0.25) is 0 Å². The Morgan fingerprint density at radius 1 is 1.15 bits per heavy atom. The Kier molecular flexibility index (Phi) is 6.58. The Bertz CT molecular complexity index is 1330. The maximum atomic E-state index is 13.0. The number of ether oxygens (including phenoxy) is 1. The average Bonchev–Trinajstić information content (AvgIpc) is 2.77. The third kappa shape index (κ3) is 5.43. The molecule has 0 spiro atoms. The Balaban J connectivity index is 1.80. The predicted octanol–water partition coefficient (Wildman–Crippen LogP) is 3.23. The van der Waals surface area contributed by atoms with E-state index in [1.807, 2.05) is 6.07 Å². The molecule has 3 rings (SSSR count). The van der Waals surface area contributed by atoms with Gasteiger partial charge in [0.1, 0.15) is 6.07 Å². The van der Waals surface area contributed by atoms with Crippen LogP contribution in [0.25, 0.3) is 5.69 Å². The highest BCUT2D eigenvalue weighted by molar-refractivity contribution is 5.95. The highest BCUT2D eigenvalue weighted by Crippen LogP contribution is 2.30. The summed E-state index contributed by atoms with van der Waals surface area (Å²) in [4.78, 5) is 36.6. The van der Waals surface area contributed by atoms with Gasteiger partial charge in [0.15, 0.2) is 6.61 Å². The summed E-state index contributed by atoms with van der Waals surface area (Å²) in [6.45, 7) is 0.654. The number of benzene rings is 2. The van der Waals surface area contributed by atoms with Crippen molar-refractivity contribution in [2.45, 2.75) is 13.1 Å². The SMILES string of the molecule is Cc1cc(=O)c(C(=O)OCC(=O)Nc2ccccc2C#N)nn1-c1cccc(C(F)(F)F)c1. The Morgan fingerprint density at radius 3 is 2.58 bits per heavy atom. The van der Waals surface area contributed by atoms with Gasteiger partial charge in [0, 0.05) is 11.8 Å². The fraction of sp³-hybridized carbons (Fsp3) is 0.136. The number of hydrogen-bond donors (Lipinski definition) is 1. The first-order valence-corrected chi connectivity index (χ1v) is 9.35. The zero-order valence-corrected chi connectivity index (χ0v) is 17.0. The quantitative estimate of drug-likeness (QED) is 0.590. The van der Waals surface area contributed by atoms with E-state index in [9.17, 15) is 27.6 Å². The summed E-state index contributed by atoms with van der Waals surface area (Å²) in [5.74, 6) is -2.00. The summed E-state index contributed by atoms with van der Waals surface area (Å²) in [5, 5.41) is 15.3. The number of anilines is 1. The number of hydrogen-bond acceptors (Lipinski definition) is 6. The van der Waals surface area contributed by atoms with E-state index in [2.05, 4.69) is 10.4 Å². The Hall–Kier alpha value is -4.46. The smallest absolute Gasteiger partial charge is 0.416 e. The maximum Gasteiger partial charge on any atom is 0.416 e. The lowest BCUT2D eigenvalue weighted by atomic mass is 10.2. The number of amides is 1. The summed E-state index contributed by atoms with van der Waals surface area (Å²) in [5.41, 5.74) is -1.90. The minimum Gasteiger partial charge on any atom is -0.451 e. The molecule has 11 heteroatoms. The van der Waals surface area contributed by atoms with E-state index in [-0.39, 0.29) is 22.6 Å². The summed E-state index contributed by atoms with van der Waals surface area (Å²) in [6, 6.07) is 13.3. The van der Waals surface area contributed by atoms with Crippen LogP contribution in [0.1, 0.15) is 27.3 Å². The van der Waals surface area contributed by atoms with Crippen molar-refractivity contribution in [3.63, 3.8) is 0 Å². The van der Waals surface area contributed by atoms with Gasteiger partial charge < -0.3 is 10.1 Å². The highest BCUT2D eigenvalue weighted by atomic mass is 19.4. The molecule has 3 aromatic rings. The van der Waals surface area contributed by atoms with Crippen molar-refractivity contribution in [3.8, 4) is 11.8 Å². The third-order valence-electron chi connectivity index (χ3n) is 4.37. The molecule has 1 N–H and O–H groups in total. The number of halogens is 3. The molecule has 0 aliphatic heterocycles. The number of carbonyl (C=O) groups is 2. The zero-order valence-electron chi connectivity index (χ0n) is 17.0. The molecule has 2 aromatic carbocycles. The van der Waals surface area contributed by atoms with E-state index < -0.39 is 41.3 Å². The fourth-order valence-corrected chi connectivity index (χ4v) is 2.84. The number of nitrogens with one attached hydrogen (secondary N) is 1. The molecule has 168 valence electrons. The first kappa shape index (κ1) is 23.2. The van der Waals surface area contributed by atoms with E-state index >= 15 is 0 Å². The van der Waals surface area contributed by atoms with Gasteiger partial charge in [-0.3, -0.25) is 9.59 Å². The summed E-state index contributed by atoms with van der Waals surface area (Å²) in [7, 11) is 0. The molecule has 0 saturated heterocycles. The van der Waals surface area contributed by atoms with Gasteiger partial charge in [-0.05, 0) is 37.3 Å². The number of carbonyl (C=O) groups excluding carboxylic acids is 2. The second-order valence-corrected chi connectivity index (χ2v) is 6.74. The summed E-state index contributed by atoms with van der Waals surface area (Å²) >= 11 is 0.